The minimum Gasteiger partial charge on any atom is -0.476 e. The minimum atomic E-state index is -5.07. The predicted octanol–water partition coefficient (Wildman–Crippen LogP) is 2.75. The van der Waals surface area contributed by atoms with E-state index in [-0.39, 0.29) is 9.13 Å². The number of rotatable bonds is 3. The van der Waals surface area contributed by atoms with Crippen molar-refractivity contribution in [3.05, 3.63) is 21.0 Å². The number of nitrogens with zero attached hydrogens (tertiary/aromatic N) is 1. The summed E-state index contributed by atoms with van der Waals surface area (Å²) in [6, 6.07) is 0. The van der Waals surface area contributed by atoms with Gasteiger partial charge in [-0.05, 0) is 22.6 Å². The molecule has 0 atom stereocenters. The molecule has 0 fully saturated rings. The second-order valence-electron chi connectivity index (χ2n) is 2.76. The number of pyridine rings is 1. The summed E-state index contributed by atoms with van der Waals surface area (Å²) in [5, 5.41) is 8.64. The van der Waals surface area contributed by atoms with Crippen molar-refractivity contribution in [2.24, 2.45) is 0 Å². The molecule has 1 aromatic rings. The molecule has 0 amide bonds. The quantitative estimate of drug-likeness (QED) is 0.661. The fourth-order valence-corrected chi connectivity index (χ4v) is 1.61. The van der Waals surface area contributed by atoms with Gasteiger partial charge in [-0.1, -0.05) is 0 Å². The van der Waals surface area contributed by atoms with Gasteiger partial charge in [0.25, 0.3) is 0 Å². The molecule has 1 heterocycles. The normalized spacial score (nSPS) is 11.4. The molecule has 0 saturated carbocycles. The number of aromatic nitrogens is 1. The van der Waals surface area contributed by atoms with Crippen LogP contribution in [-0.4, -0.2) is 22.4 Å². The van der Waals surface area contributed by atoms with Gasteiger partial charge in [0.05, 0.1) is 3.57 Å². The molecule has 0 aliphatic heterocycles. The molecule has 0 unspecified atom stereocenters. The Kier molecular flexibility index (Phi) is 4.11. The van der Waals surface area contributed by atoms with Gasteiger partial charge in [0, 0.05) is 11.8 Å². The van der Waals surface area contributed by atoms with E-state index in [0.717, 1.165) is 6.20 Å². The third kappa shape index (κ3) is 3.41. The molecule has 0 radical (unpaired) electrons. The van der Waals surface area contributed by atoms with Gasteiger partial charge in [-0.25, -0.2) is 14.2 Å². The van der Waals surface area contributed by atoms with E-state index in [0.29, 0.717) is 0 Å². The van der Waals surface area contributed by atoms with Crippen molar-refractivity contribution in [2.45, 2.75) is 13.0 Å². The van der Waals surface area contributed by atoms with Crippen molar-refractivity contribution < 1.29 is 32.2 Å². The lowest BCUT2D eigenvalue weighted by Gasteiger charge is -2.13. The Bertz CT molecular complexity index is 449. The molecule has 0 aliphatic carbocycles. The van der Waals surface area contributed by atoms with Crippen LogP contribution in [0, 0.1) is 3.57 Å². The summed E-state index contributed by atoms with van der Waals surface area (Å²) >= 11 is 1.37. The number of carboxylic acid groups (broad SMARTS) is 1. The average molecular weight is 365 g/mol. The standard InChI is InChI=1S/C8H4F4INO3/c9-1-3-2-14-5(7(15)16)6(4(3)13)17-8(10,11)12/h2H,1H2,(H,15,16). The number of aromatic carboxylic acids is 1. The maximum atomic E-state index is 12.4. The van der Waals surface area contributed by atoms with Crippen molar-refractivity contribution in [3.63, 3.8) is 0 Å². The molecule has 0 bridgehead atoms. The maximum absolute atomic E-state index is 12.4. The minimum absolute atomic E-state index is 0.171. The Morgan fingerprint density at radius 3 is 2.53 bits per heavy atom. The summed E-state index contributed by atoms with van der Waals surface area (Å²) in [6.45, 7) is -1.07. The van der Waals surface area contributed by atoms with Crippen LogP contribution in [0.2, 0.25) is 0 Å². The Hall–Kier alpha value is -1.13. The predicted molar refractivity (Wildman–Crippen MR) is 55.4 cm³/mol. The van der Waals surface area contributed by atoms with Gasteiger partial charge < -0.3 is 9.84 Å². The molecule has 1 N–H and O–H groups in total. The molecular formula is C8H4F4INO3. The Morgan fingerprint density at radius 2 is 2.12 bits per heavy atom. The third-order valence-electron chi connectivity index (χ3n) is 1.61. The highest BCUT2D eigenvalue weighted by molar-refractivity contribution is 14.1. The van der Waals surface area contributed by atoms with Crippen LogP contribution >= 0.6 is 22.6 Å². The van der Waals surface area contributed by atoms with Gasteiger partial charge in [-0.3, -0.25) is 0 Å². The van der Waals surface area contributed by atoms with Crippen LogP contribution in [0.5, 0.6) is 5.75 Å². The molecule has 0 aromatic carbocycles. The SMILES string of the molecule is O=C(O)c1ncc(CF)c(I)c1OC(F)(F)F. The van der Waals surface area contributed by atoms with E-state index in [2.05, 4.69) is 9.72 Å². The van der Waals surface area contributed by atoms with Crippen molar-refractivity contribution in [3.8, 4) is 5.75 Å². The number of alkyl halides is 4. The van der Waals surface area contributed by atoms with Crippen LogP contribution in [0.15, 0.2) is 6.20 Å². The van der Waals surface area contributed by atoms with Gasteiger partial charge in [0.15, 0.2) is 11.4 Å². The Labute approximate surface area is 106 Å². The van der Waals surface area contributed by atoms with Gasteiger partial charge in [0.2, 0.25) is 0 Å². The number of hydrogen-bond acceptors (Lipinski definition) is 3. The smallest absolute Gasteiger partial charge is 0.476 e. The molecule has 0 saturated heterocycles. The lowest BCUT2D eigenvalue weighted by molar-refractivity contribution is -0.275. The lowest BCUT2D eigenvalue weighted by Crippen LogP contribution is -2.21. The first kappa shape index (κ1) is 13.9. The van der Waals surface area contributed by atoms with E-state index in [1.165, 1.54) is 22.6 Å². The molecule has 4 nitrogen and oxygen atoms in total. The molecule has 1 rings (SSSR count). The van der Waals surface area contributed by atoms with Crippen LogP contribution in [0.25, 0.3) is 0 Å². The number of halogens is 5. The highest BCUT2D eigenvalue weighted by Crippen LogP contribution is 2.32. The van der Waals surface area contributed by atoms with Crippen molar-refractivity contribution in [2.75, 3.05) is 0 Å². The highest BCUT2D eigenvalue weighted by atomic mass is 127. The summed E-state index contributed by atoms with van der Waals surface area (Å²) in [4.78, 5) is 13.9. The van der Waals surface area contributed by atoms with Crippen LogP contribution in [0.1, 0.15) is 16.1 Å². The number of carboxylic acids is 1. The fraction of sp³-hybridized carbons (Fsp3) is 0.250. The first-order valence-corrected chi connectivity index (χ1v) is 5.06. The molecule has 94 valence electrons. The van der Waals surface area contributed by atoms with E-state index in [9.17, 15) is 22.4 Å². The molecule has 0 spiro atoms. The monoisotopic (exact) mass is 365 g/mol. The summed E-state index contributed by atoms with van der Waals surface area (Å²) in [5.41, 5.74) is -1.08. The van der Waals surface area contributed by atoms with Gasteiger partial charge in [0.1, 0.15) is 6.67 Å². The molecule has 0 aliphatic rings. The summed E-state index contributed by atoms with van der Waals surface area (Å²) in [7, 11) is 0. The summed E-state index contributed by atoms with van der Waals surface area (Å²) in [5.74, 6) is -2.69. The zero-order chi connectivity index (χ0) is 13.2. The molecule has 9 heteroatoms. The number of ether oxygens (including phenoxy) is 1. The Morgan fingerprint density at radius 1 is 1.53 bits per heavy atom. The highest BCUT2D eigenvalue weighted by Gasteiger charge is 2.35. The number of carbonyl (C=O) groups is 1. The Balaban J connectivity index is 3.35. The van der Waals surface area contributed by atoms with E-state index < -0.39 is 30.4 Å². The topological polar surface area (TPSA) is 59.4 Å². The maximum Gasteiger partial charge on any atom is 0.573 e. The van der Waals surface area contributed by atoms with E-state index in [1.807, 2.05) is 0 Å². The van der Waals surface area contributed by atoms with Gasteiger partial charge >= 0.3 is 12.3 Å². The second-order valence-corrected chi connectivity index (χ2v) is 3.84. The third-order valence-corrected chi connectivity index (χ3v) is 2.79. The zero-order valence-electron chi connectivity index (χ0n) is 7.89. The van der Waals surface area contributed by atoms with Gasteiger partial charge in [-0.15, -0.1) is 13.2 Å². The van der Waals surface area contributed by atoms with Crippen LogP contribution in [0.3, 0.4) is 0 Å². The van der Waals surface area contributed by atoms with Gasteiger partial charge in [-0.2, -0.15) is 0 Å². The summed E-state index contributed by atoms with van der Waals surface area (Å²) in [6.07, 6.45) is -4.21. The van der Waals surface area contributed by atoms with Crippen molar-refractivity contribution in [1.29, 1.82) is 0 Å². The van der Waals surface area contributed by atoms with Crippen molar-refractivity contribution >= 4 is 28.6 Å². The van der Waals surface area contributed by atoms with E-state index >= 15 is 0 Å². The lowest BCUT2D eigenvalue weighted by atomic mass is 10.2. The van der Waals surface area contributed by atoms with Crippen LogP contribution in [-0.2, 0) is 6.67 Å². The fourth-order valence-electron chi connectivity index (χ4n) is 0.962. The van der Waals surface area contributed by atoms with E-state index in [1.54, 1.807) is 0 Å². The van der Waals surface area contributed by atoms with Crippen LogP contribution in [0.4, 0.5) is 17.6 Å². The molecule has 1 aromatic heterocycles. The molecular weight excluding hydrogens is 361 g/mol. The zero-order valence-corrected chi connectivity index (χ0v) is 10.0. The van der Waals surface area contributed by atoms with E-state index in [4.69, 9.17) is 5.11 Å². The first-order valence-electron chi connectivity index (χ1n) is 3.98. The molecule has 17 heavy (non-hydrogen) atoms. The first-order chi connectivity index (χ1) is 7.76. The van der Waals surface area contributed by atoms with Crippen LogP contribution < -0.4 is 4.74 Å². The second kappa shape index (κ2) is 5.02. The summed E-state index contributed by atoms with van der Waals surface area (Å²) < 4.78 is 51.9. The average Bonchev–Trinajstić information content (AvgIpc) is 2.18. The largest absolute Gasteiger partial charge is 0.573 e. The van der Waals surface area contributed by atoms with Crippen molar-refractivity contribution in [1.82, 2.24) is 4.98 Å². The number of hydrogen-bond donors (Lipinski definition) is 1.